The predicted molar refractivity (Wildman–Crippen MR) is 141 cm³/mol. The summed E-state index contributed by atoms with van der Waals surface area (Å²) in [6.07, 6.45) is 8.78. The van der Waals surface area contributed by atoms with Crippen LogP contribution >= 0.6 is 0 Å². The normalized spacial score (nSPS) is 37.6. The van der Waals surface area contributed by atoms with E-state index in [0.717, 1.165) is 50.5 Å². The quantitative estimate of drug-likeness (QED) is 0.477. The van der Waals surface area contributed by atoms with Crippen molar-refractivity contribution < 1.29 is 24.2 Å². The zero-order valence-corrected chi connectivity index (χ0v) is 22.7. The van der Waals surface area contributed by atoms with E-state index in [2.05, 4.69) is 13.8 Å². The highest BCUT2D eigenvalue weighted by Gasteiger charge is 2.60. The Bertz CT molecular complexity index is 1030. The van der Waals surface area contributed by atoms with Gasteiger partial charge in [-0.25, -0.2) is 9.59 Å². The van der Waals surface area contributed by atoms with E-state index in [4.69, 9.17) is 4.74 Å². The summed E-state index contributed by atoms with van der Waals surface area (Å²) in [5, 5.41) is 10.2. The molecule has 0 radical (unpaired) electrons. The van der Waals surface area contributed by atoms with Gasteiger partial charge in [-0.2, -0.15) is 0 Å². The Hall–Kier alpha value is -2.37. The first-order valence-corrected chi connectivity index (χ1v) is 14.3. The van der Waals surface area contributed by atoms with Gasteiger partial charge in [-0.15, -0.1) is 0 Å². The van der Waals surface area contributed by atoms with E-state index < -0.39 is 18.1 Å². The average Bonchev–Trinajstić information content (AvgIpc) is 3.20. The first-order valence-electron chi connectivity index (χ1n) is 14.3. The number of hydrogen-bond donors (Lipinski definition) is 1. The van der Waals surface area contributed by atoms with E-state index in [-0.39, 0.29) is 16.7 Å². The number of methoxy groups -OCH3 is 1. The maximum absolute atomic E-state index is 12.7. The van der Waals surface area contributed by atoms with E-state index in [9.17, 15) is 19.5 Å². The number of carbonyl (C=O) groups excluding carboxylic acids is 2. The topological polar surface area (TPSA) is 83.9 Å². The van der Waals surface area contributed by atoms with Gasteiger partial charge in [-0.05, 0) is 91.9 Å². The number of carboxylic acid groups (broad SMARTS) is 1. The van der Waals surface area contributed by atoms with Crippen LogP contribution in [-0.4, -0.2) is 47.5 Å². The number of amides is 1. The maximum atomic E-state index is 12.7. The molecular formula is C31H43NO5. The van der Waals surface area contributed by atoms with Crippen LogP contribution in [0, 0.1) is 40.4 Å². The van der Waals surface area contributed by atoms with Gasteiger partial charge in [0.15, 0.2) is 0 Å². The molecule has 1 aromatic carbocycles. The van der Waals surface area contributed by atoms with E-state index >= 15 is 0 Å². The average molecular weight is 510 g/mol. The summed E-state index contributed by atoms with van der Waals surface area (Å²) in [6.45, 7) is 5.10. The lowest BCUT2D eigenvalue weighted by molar-refractivity contribution is -0.147. The summed E-state index contributed by atoms with van der Waals surface area (Å²) < 4.78 is 5.05. The van der Waals surface area contributed by atoms with Gasteiger partial charge in [-0.1, -0.05) is 44.2 Å². The Balaban J connectivity index is 1.29. The molecule has 0 saturated heterocycles. The van der Waals surface area contributed by atoms with Crippen molar-refractivity contribution in [3.63, 3.8) is 0 Å². The number of Topliss-reactive ketones (excluding diaryl/α,β-unsaturated/α-hetero) is 1. The molecule has 8 atom stereocenters. The van der Waals surface area contributed by atoms with Crippen LogP contribution in [0.4, 0.5) is 4.79 Å². The smallest absolute Gasteiger partial charge is 0.408 e. The van der Waals surface area contributed by atoms with Crippen LogP contribution < -0.4 is 0 Å². The highest BCUT2D eigenvalue weighted by atomic mass is 16.5. The fourth-order valence-corrected chi connectivity index (χ4v) is 9.19. The van der Waals surface area contributed by atoms with Crippen molar-refractivity contribution >= 4 is 17.8 Å². The van der Waals surface area contributed by atoms with Crippen LogP contribution in [0.5, 0.6) is 0 Å². The molecule has 1 N–H and O–H groups in total. The number of ketones is 1. The second-order valence-electron chi connectivity index (χ2n) is 12.9. The number of rotatable bonds is 6. The second-order valence-corrected chi connectivity index (χ2v) is 12.9. The van der Waals surface area contributed by atoms with Gasteiger partial charge in [0.2, 0.25) is 0 Å². The molecule has 0 heterocycles. The highest BCUT2D eigenvalue weighted by Crippen LogP contribution is 2.65. The summed E-state index contributed by atoms with van der Waals surface area (Å²) in [5.41, 5.74) is 1.10. The molecule has 6 nitrogen and oxygen atoms in total. The van der Waals surface area contributed by atoms with Crippen molar-refractivity contribution in [2.45, 2.75) is 84.1 Å². The molecule has 1 amide bonds. The largest absolute Gasteiger partial charge is 0.467 e. The number of hydrogen-bond acceptors (Lipinski definition) is 4. The molecule has 4 fully saturated rings. The van der Waals surface area contributed by atoms with Crippen LogP contribution in [-0.2, 0) is 20.7 Å². The lowest BCUT2D eigenvalue weighted by atomic mass is 9.44. The first kappa shape index (κ1) is 26.2. The molecule has 4 aliphatic carbocycles. The van der Waals surface area contributed by atoms with Crippen LogP contribution in [0.15, 0.2) is 30.3 Å². The number of carbonyl (C=O) groups is 3. The minimum atomic E-state index is -1.05. The number of benzene rings is 1. The van der Waals surface area contributed by atoms with Crippen molar-refractivity contribution in [2.24, 2.45) is 40.4 Å². The van der Waals surface area contributed by atoms with Gasteiger partial charge in [-0.3, -0.25) is 9.69 Å². The lowest BCUT2D eigenvalue weighted by Crippen LogP contribution is -2.54. The monoisotopic (exact) mass is 509 g/mol. The molecule has 4 saturated carbocycles. The summed E-state index contributed by atoms with van der Waals surface area (Å²) in [4.78, 5) is 39.2. The summed E-state index contributed by atoms with van der Waals surface area (Å²) >= 11 is 0. The molecule has 1 aromatic rings. The van der Waals surface area contributed by atoms with Gasteiger partial charge in [0.25, 0.3) is 0 Å². The maximum Gasteiger partial charge on any atom is 0.408 e. The summed E-state index contributed by atoms with van der Waals surface area (Å²) in [5.74, 6) is 2.71. The Morgan fingerprint density at radius 3 is 2.51 bits per heavy atom. The molecule has 4 aliphatic rings. The third-order valence-electron chi connectivity index (χ3n) is 11.3. The Kier molecular flexibility index (Phi) is 7.14. The van der Waals surface area contributed by atoms with Gasteiger partial charge in [0.1, 0.15) is 11.8 Å². The minimum Gasteiger partial charge on any atom is -0.467 e. The van der Waals surface area contributed by atoms with Crippen molar-refractivity contribution in [3.05, 3.63) is 35.9 Å². The molecule has 0 bridgehead atoms. The van der Waals surface area contributed by atoms with E-state index in [1.54, 1.807) is 0 Å². The number of nitrogens with zero attached hydrogens (tertiary/aromatic N) is 1. The fourth-order valence-electron chi connectivity index (χ4n) is 9.19. The lowest BCUT2D eigenvalue weighted by Gasteiger charge is -2.60. The molecule has 202 valence electrons. The molecule has 0 spiro atoms. The summed E-state index contributed by atoms with van der Waals surface area (Å²) in [6, 6.07) is 8.73. The SMILES string of the molecule is COC(=O)[C@@H](Cc1ccccc1)N(C[C@H]1CC[C@@]2(C)C(CC[C@@H]3[C@@H]2CC[C@]2(C)C(=O)CC[C@@H]32)C1)C(=O)O. The van der Waals surface area contributed by atoms with Gasteiger partial charge in [0, 0.05) is 24.8 Å². The number of ether oxygens (including phenoxy) is 1. The Morgan fingerprint density at radius 1 is 1.05 bits per heavy atom. The molecular weight excluding hydrogens is 466 g/mol. The first-order chi connectivity index (χ1) is 17.7. The van der Waals surface area contributed by atoms with Crippen LogP contribution in [0.2, 0.25) is 0 Å². The molecule has 1 unspecified atom stereocenters. The van der Waals surface area contributed by atoms with Gasteiger partial charge in [0.05, 0.1) is 7.11 Å². The third-order valence-corrected chi connectivity index (χ3v) is 11.3. The van der Waals surface area contributed by atoms with Crippen molar-refractivity contribution in [3.8, 4) is 0 Å². The van der Waals surface area contributed by atoms with Crippen LogP contribution in [0.3, 0.4) is 0 Å². The molecule has 37 heavy (non-hydrogen) atoms. The number of esters is 1. The van der Waals surface area contributed by atoms with Gasteiger partial charge >= 0.3 is 12.1 Å². The molecule has 5 rings (SSSR count). The van der Waals surface area contributed by atoms with Crippen LogP contribution in [0.25, 0.3) is 0 Å². The highest BCUT2D eigenvalue weighted by molar-refractivity contribution is 5.87. The van der Waals surface area contributed by atoms with E-state index in [1.165, 1.54) is 24.9 Å². The summed E-state index contributed by atoms with van der Waals surface area (Å²) in [7, 11) is 1.33. The zero-order valence-electron chi connectivity index (χ0n) is 22.7. The Labute approximate surface area is 221 Å². The van der Waals surface area contributed by atoms with Gasteiger partial charge < -0.3 is 9.84 Å². The van der Waals surface area contributed by atoms with E-state index in [1.807, 2.05) is 30.3 Å². The minimum absolute atomic E-state index is 0.0921. The predicted octanol–water partition coefficient (Wildman–Crippen LogP) is 5.98. The molecule has 6 heteroatoms. The van der Waals surface area contributed by atoms with Crippen LogP contribution in [0.1, 0.15) is 77.2 Å². The molecule has 0 aliphatic heterocycles. The Morgan fingerprint density at radius 2 is 1.81 bits per heavy atom. The standard InChI is InChI=1S/C31H43NO5/c1-30-15-13-21(19-32(29(35)36)26(28(34)37-3)18-20-7-5-4-6-8-20)17-22(30)9-10-23-24-11-12-27(33)31(24,2)16-14-25(23)30/h4-8,21-26H,9-19H2,1-3H3,(H,35,36)/t21-,22?,23-,24-,25-,26+,30-,31-/m0/s1. The number of fused-ring (bicyclic) bond motifs is 5. The van der Waals surface area contributed by atoms with Crippen molar-refractivity contribution in [2.75, 3.05) is 13.7 Å². The zero-order chi connectivity index (χ0) is 26.4. The van der Waals surface area contributed by atoms with E-state index in [0.29, 0.717) is 42.4 Å². The van der Waals surface area contributed by atoms with Crippen molar-refractivity contribution in [1.29, 1.82) is 0 Å². The fraction of sp³-hybridized carbons (Fsp3) is 0.710. The molecule has 0 aromatic heterocycles. The second kappa shape index (κ2) is 10.1. The third kappa shape index (κ3) is 4.59. The van der Waals surface area contributed by atoms with Crippen molar-refractivity contribution in [1.82, 2.24) is 4.90 Å².